The molecule has 2 heterocycles. The molecule has 1 aromatic heterocycles. The molecule has 0 bridgehead atoms. The lowest BCUT2D eigenvalue weighted by Gasteiger charge is -2.25. The van der Waals surface area contributed by atoms with Crippen LogP contribution in [-0.4, -0.2) is 54.6 Å². The number of likely N-dealkylation sites (N-methyl/N-ethyl adjacent to an activating group) is 2. The molecular weight excluding hydrogens is 248 g/mol. The van der Waals surface area contributed by atoms with Crippen LogP contribution in [0.3, 0.4) is 0 Å². The molecule has 4 nitrogen and oxygen atoms in total. The minimum atomic E-state index is 0.721. The van der Waals surface area contributed by atoms with Gasteiger partial charge in [-0.05, 0) is 51.5 Å². The number of aromatic nitrogens is 1. The molecule has 0 aliphatic carbocycles. The first-order chi connectivity index (χ1) is 9.69. The van der Waals surface area contributed by atoms with E-state index in [4.69, 9.17) is 0 Å². The van der Waals surface area contributed by atoms with E-state index in [1.807, 2.05) is 6.20 Å². The van der Waals surface area contributed by atoms with Crippen molar-refractivity contribution in [3.05, 3.63) is 23.9 Å². The third kappa shape index (κ3) is 4.46. The third-order valence-corrected chi connectivity index (χ3v) is 4.03. The van der Waals surface area contributed by atoms with E-state index in [0.717, 1.165) is 37.9 Å². The maximum Gasteiger partial charge on any atom is 0.125 e. The van der Waals surface area contributed by atoms with Gasteiger partial charge in [-0.25, -0.2) is 4.98 Å². The van der Waals surface area contributed by atoms with E-state index in [2.05, 4.69) is 53.3 Å². The van der Waals surface area contributed by atoms with Gasteiger partial charge in [0, 0.05) is 31.9 Å². The predicted molar refractivity (Wildman–Crippen MR) is 85.0 cm³/mol. The molecule has 0 aromatic carbocycles. The lowest BCUT2D eigenvalue weighted by molar-refractivity contribution is 0.215. The van der Waals surface area contributed by atoms with Crippen molar-refractivity contribution in [2.24, 2.45) is 0 Å². The highest BCUT2D eigenvalue weighted by molar-refractivity contribution is 5.35. The zero-order chi connectivity index (χ0) is 14.4. The molecule has 1 saturated heterocycles. The monoisotopic (exact) mass is 276 g/mol. The van der Waals surface area contributed by atoms with Crippen molar-refractivity contribution < 1.29 is 0 Å². The minimum absolute atomic E-state index is 0.721. The summed E-state index contributed by atoms with van der Waals surface area (Å²) in [7, 11) is 4.44. The molecule has 1 unspecified atom stereocenters. The second-order valence-corrected chi connectivity index (χ2v) is 5.95. The summed E-state index contributed by atoms with van der Waals surface area (Å²) >= 11 is 0. The molecule has 1 fully saturated rings. The molecule has 112 valence electrons. The fourth-order valence-electron chi connectivity index (χ4n) is 2.82. The van der Waals surface area contributed by atoms with Gasteiger partial charge in [-0.3, -0.25) is 0 Å². The molecule has 20 heavy (non-hydrogen) atoms. The van der Waals surface area contributed by atoms with Crippen LogP contribution in [0.5, 0.6) is 0 Å². The van der Waals surface area contributed by atoms with Gasteiger partial charge in [-0.15, -0.1) is 0 Å². The Balaban J connectivity index is 1.80. The number of nitrogens with zero attached hydrogens (tertiary/aromatic N) is 3. The molecule has 0 radical (unpaired) electrons. The molecule has 1 aliphatic heterocycles. The molecule has 0 amide bonds. The fraction of sp³-hybridized carbons (Fsp3) is 0.688. The van der Waals surface area contributed by atoms with Gasteiger partial charge in [-0.1, -0.05) is 13.0 Å². The maximum absolute atomic E-state index is 4.47. The Bertz CT molecular complexity index is 390. The van der Waals surface area contributed by atoms with Crippen LogP contribution in [-0.2, 0) is 6.54 Å². The van der Waals surface area contributed by atoms with E-state index in [1.54, 1.807) is 0 Å². The lowest BCUT2D eigenvalue weighted by atomic mass is 10.2. The molecule has 1 aromatic rings. The normalized spacial score (nSPS) is 19.7. The van der Waals surface area contributed by atoms with E-state index in [1.165, 1.54) is 24.9 Å². The predicted octanol–water partition coefficient (Wildman–Crippen LogP) is 2.43. The Morgan fingerprint density at radius 2 is 2.30 bits per heavy atom. The Hall–Kier alpha value is -1.13. The summed E-state index contributed by atoms with van der Waals surface area (Å²) < 4.78 is 0. The van der Waals surface area contributed by atoms with Crippen LogP contribution in [0.4, 0.5) is 5.82 Å². The van der Waals surface area contributed by atoms with Crippen molar-refractivity contribution in [1.29, 1.82) is 0 Å². The van der Waals surface area contributed by atoms with E-state index < -0.39 is 0 Å². The van der Waals surface area contributed by atoms with Crippen LogP contribution in [0.25, 0.3) is 0 Å². The molecule has 4 heteroatoms. The van der Waals surface area contributed by atoms with Gasteiger partial charge >= 0.3 is 0 Å². The molecule has 1 aliphatic rings. The molecule has 1 atom stereocenters. The van der Waals surface area contributed by atoms with E-state index in [0.29, 0.717) is 0 Å². The van der Waals surface area contributed by atoms with Crippen molar-refractivity contribution in [2.45, 2.75) is 38.8 Å². The number of anilines is 1. The van der Waals surface area contributed by atoms with Gasteiger partial charge < -0.3 is 15.1 Å². The summed E-state index contributed by atoms with van der Waals surface area (Å²) in [6, 6.07) is 4.99. The minimum Gasteiger partial charge on any atom is -0.370 e. The topological polar surface area (TPSA) is 31.4 Å². The standard InChI is InChI=1S/C16H28N4/c1-4-9-17-16-8-7-14(11-18-16)12-19(2)13-15-6-5-10-20(15)3/h7-8,11,15H,4-6,9-10,12-13H2,1-3H3,(H,17,18). The van der Waals surface area contributed by atoms with Crippen LogP contribution >= 0.6 is 0 Å². The van der Waals surface area contributed by atoms with Crippen LogP contribution in [0.15, 0.2) is 18.3 Å². The summed E-state index contributed by atoms with van der Waals surface area (Å²) in [4.78, 5) is 9.35. The Morgan fingerprint density at radius 3 is 2.90 bits per heavy atom. The number of hydrogen-bond acceptors (Lipinski definition) is 4. The highest BCUT2D eigenvalue weighted by Gasteiger charge is 2.21. The fourth-order valence-corrected chi connectivity index (χ4v) is 2.82. The zero-order valence-corrected chi connectivity index (χ0v) is 13.1. The average Bonchev–Trinajstić information content (AvgIpc) is 2.83. The van der Waals surface area contributed by atoms with Crippen molar-refractivity contribution >= 4 is 5.82 Å². The quantitative estimate of drug-likeness (QED) is 0.829. The van der Waals surface area contributed by atoms with Crippen molar-refractivity contribution in [1.82, 2.24) is 14.8 Å². The lowest BCUT2D eigenvalue weighted by Crippen LogP contribution is -2.36. The number of hydrogen-bond donors (Lipinski definition) is 1. The van der Waals surface area contributed by atoms with Gasteiger partial charge in [0.25, 0.3) is 0 Å². The van der Waals surface area contributed by atoms with Gasteiger partial charge in [0.1, 0.15) is 5.82 Å². The summed E-state index contributed by atoms with van der Waals surface area (Å²) in [5.74, 6) is 0.980. The highest BCUT2D eigenvalue weighted by atomic mass is 15.2. The zero-order valence-electron chi connectivity index (χ0n) is 13.1. The van der Waals surface area contributed by atoms with Gasteiger partial charge in [0.2, 0.25) is 0 Å². The van der Waals surface area contributed by atoms with Crippen molar-refractivity contribution in [3.8, 4) is 0 Å². The average molecular weight is 276 g/mol. The largest absolute Gasteiger partial charge is 0.370 e. The number of likely N-dealkylation sites (tertiary alicyclic amines) is 1. The van der Waals surface area contributed by atoms with Gasteiger partial charge in [0.05, 0.1) is 0 Å². The first-order valence-electron chi connectivity index (χ1n) is 7.76. The van der Waals surface area contributed by atoms with E-state index >= 15 is 0 Å². The van der Waals surface area contributed by atoms with Crippen molar-refractivity contribution in [3.63, 3.8) is 0 Å². The SMILES string of the molecule is CCCNc1ccc(CN(C)CC2CCCN2C)cn1. The first-order valence-corrected chi connectivity index (χ1v) is 7.76. The Morgan fingerprint density at radius 1 is 1.45 bits per heavy atom. The smallest absolute Gasteiger partial charge is 0.125 e. The first kappa shape index (κ1) is 15.3. The maximum atomic E-state index is 4.47. The highest BCUT2D eigenvalue weighted by Crippen LogP contribution is 2.16. The number of pyridine rings is 1. The number of nitrogens with one attached hydrogen (secondary N) is 1. The van der Waals surface area contributed by atoms with Gasteiger partial charge in [-0.2, -0.15) is 0 Å². The van der Waals surface area contributed by atoms with E-state index in [9.17, 15) is 0 Å². The third-order valence-electron chi connectivity index (χ3n) is 4.03. The molecule has 2 rings (SSSR count). The summed E-state index contributed by atoms with van der Waals surface area (Å²) in [6.07, 6.45) is 5.79. The second-order valence-electron chi connectivity index (χ2n) is 5.95. The van der Waals surface area contributed by atoms with Crippen LogP contribution in [0, 0.1) is 0 Å². The Kier molecular flexibility index (Phi) is 5.80. The summed E-state index contributed by atoms with van der Waals surface area (Å²) in [5, 5.41) is 3.31. The molecule has 0 spiro atoms. The number of rotatable bonds is 7. The molecule has 0 saturated carbocycles. The van der Waals surface area contributed by atoms with Gasteiger partial charge in [0.15, 0.2) is 0 Å². The second kappa shape index (κ2) is 7.60. The molecular formula is C16H28N4. The molecule has 1 N–H and O–H groups in total. The summed E-state index contributed by atoms with van der Waals surface area (Å²) in [6.45, 7) is 6.52. The van der Waals surface area contributed by atoms with Crippen molar-refractivity contribution in [2.75, 3.05) is 39.0 Å². The van der Waals surface area contributed by atoms with Crippen LogP contribution < -0.4 is 5.32 Å². The Labute approximate surface area is 123 Å². The van der Waals surface area contributed by atoms with Crippen LogP contribution in [0.2, 0.25) is 0 Å². The van der Waals surface area contributed by atoms with E-state index in [-0.39, 0.29) is 0 Å². The van der Waals surface area contributed by atoms with Crippen LogP contribution in [0.1, 0.15) is 31.7 Å². The summed E-state index contributed by atoms with van der Waals surface area (Å²) in [5.41, 5.74) is 1.29.